The van der Waals surface area contributed by atoms with Crippen molar-refractivity contribution in [3.8, 4) is 5.75 Å². The summed E-state index contributed by atoms with van der Waals surface area (Å²) in [7, 11) is -2.86. The standard InChI is InChI=1S/C14H19NO3S/c16-14-4-1-3-11-12(14)5-6-13(11)15-7-2-9-19(17,18)10-8-15/h1,3-4,13,16H,2,5-10H2. The molecule has 19 heavy (non-hydrogen) atoms. The molecule has 1 aliphatic carbocycles. The Morgan fingerprint density at radius 1 is 1.21 bits per heavy atom. The summed E-state index contributed by atoms with van der Waals surface area (Å²) in [5.74, 6) is 0.947. The number of phenolic OH excluding ortho intramolecular Hbond substituents is 1. The van der Waals surface area contributed by atoms with Crippen molar-refractivity contribution in [2.45, 2.75) is 25.3 Å². The first-order valence-electron chi connectivity index (χ1n) is 6.82. The Labute approximate surface area is 114 Å². The van der Waals surface area contributed by atoms with E-state index in [9.17, 15) is 13.5 Å². The lowest BCUT2D eigenvalue weighted by molar-refractivity contribution is 0.212. The van der Waals surface area contributed by atoms with Gasteiger partial charge >= 0.3 is 0 Å². The third-order valence-corrected chi connectivity index (χ3v) is 5.96. The summed E-state index contributed by atoms with van der Waals surface area (Å²) in [6, 6.07) is 5.94. The Morgan fingerprint density at radius 3 is 2.89 bits per heavy atom. The van der Waals surface area contributed by atoms with Crippen LogP contribution in [0.3, 0.4) is 0 Å². The summed E-state index contributed by atoms with van der Waals surface area (Å²) in [5.41, 5.74) is 2.22. The lowest BCUT2D eigenvalue weighted by Gasteiger charge is -2.27. The second kappa shape index (κ2) is 4.80. The molecular weight excluding hydrogens is 262 g/mol. The summed E-state index contributed by atoms with van der Waals surface area (Å²) >= 11 is 0. The van der Waals surface area contributed by atoms with Gasteiger partial charge in [-0.25, -0.2) is 8.42 Å². The number of aromatic hydroxyl groups is 1. The Kier molecular flexibility index (Phi) is 3.27. The van der Waals surface area contributed by atoms with Gasteiger partial charge in [0.05, 0.1) is 11.5 Å². The van der Waals surface area contributed by atoms with Crippen LogP contribution in [-0.4, -0.2) is 43.0 Å². The second-order valence-electron chi connectivity index (χ2n) is 5.44. The number of rotatable bonds is 1. The molecule has 2 aliphatic rings. The fraction of sp³-hybridized carbons (Fsp3) is 0.571. The van der Waals surface area contributed by atoms with E-state index in [1.54, 1.807) is 6.07 Å². The molecule has 1 N–H and O–H groups in total. The molecule has 0 radical (unpaired) electrons. The van der Waals surface area contributed by atoms with Crippen LogP contribution in [0.4, 0.5) is 0 Å². The zero-order valence-electron chi connectivity index (χ0n) is 10.9. The van der Waals surface area contributed by atoms with Gasteiger partial charge in [-0.2, -0.15) is 0 Å². The SMILES string of the molecule is O=S1(=O)CCCN(C2CCc3c(O)cccc32)CC1. The van der Waals surface area contributed by atoms with Crippen molar-refractivity contribution in [3.63, 3.8) is 0 Å². The molecule has 0 bridgehead atoms. The molecule has 4 nitrogen and oxygen atoms in total. The first-order valence-corrected chi connectivity index (χ1v) is 8.64. The predicted octanol–water partition coefficient (Wildman–Crippen LogP) is 1.50. The van der Waals surface area contributed by atoms with E-state index >= 15 is 0 Å². The van der Waals surface area contributed by atoms with Crippen LogP contribution >= 0.6 is 0 Å². The molecule has 1 aliphatic heterocycles. The number of hydrogen-bond acceptors (Lipinski definition) is 4. The monoisotopic (exact) mass is 281 g/mol. The van der Waals surface area contributed by atoms with Crippen LogP contribution in [-0.2, 0) is 16.3 Å². The molecule has 0 aromatic heterocycles. The van der Waals surface area contributed by atoms with E-state index in [1.165, 1.54) is 5.56 Å². The van der Waals surface area contributed by atoms with E-state index < -0.39 is 9.84 Å². The van der Waals surface area contributed by atoms with Gasteiger partial charge in [0.2, 0.25) is 0 Å². The van der Waals surface area contributed by atoms with E-state index in [-0.39, 0.29) is 11.8 Å². The Bertz CT molecular complexity index is 582. The maximum absolute atomic E-state index is 11.7. The molecule has 1 saturated heterocycles. The minimum absolute atomic E-state index is 0.262. The lowest BCUT2D eigenvalue weighted by Crippen LogP contribution is -2.30. The van der Waals surface area contributed by atoms with Crippen LogP contribution in [0.5, 0.6) is 5.75 Å². The normalized spacial score (nSPS) is 26.8. The molecule has 1 heterocycles. The molecule has 3 rings (SSSR count). The highest BCUT2D eigenvalue weighted by atomic mass is 32.2. The van der Waals surface area contributed by atoms with Crippen molar-refractivity contribution >= 4 is 9.84 Å². The molecule has 0 saturated carbocycles. The zero-order valence-corrected chi connectivity index (χ0v) is 11.7. The molecule has 1 fully saturated rings. The van der Waals surface area contributed by atoms with Gasteiger partial charge in [-0.3, -0.25) is 4.90 Å². The first kappa shape index (κ1) is 12.9. The zero-order chi connectivity index (χ0) is 13.5. The van der Waals surface area contributed by atoms with Crippen molar-refractivity contribution in [2.24, 2.45) is 0 Å². The van der Waals surface area contributed by atoms with Crippen LogP contribution in [0, 0.1) is 0 Å². The summed E-state index contributed by atoms with van der Waals surface area (Å²) < 4.78 is 23.3. The summed E-state index contributed by atoms with van der Waals surface area (Å²) in [4.78, 5) is 2.27. The van der Waals surface area contributed by atoms with Crippen molar-refractivity contribution in [1.29, 1.82) is 0 Å². The average Bonchev–Trinajstić information content (AvgIpc) is 2.71. The van der Waals surface area contributed by atoms with Gasteiger partial charge in [0, 0.05) is 12.6 Å². The van der Waals surface area contributed by atoms with Gasteiger partial charge in [0.15, 0.2) is 9.84 Å². The summed E-state index contributed by atoms with van der Waals surface area (Å²) in [6.07, 6.45) is 2.58. The van der Waals surface area contributed by atoms with E-state index in [0.29, 0.717) is 24.5 Å². The summed E-state index contributed by atoms with van der Waals surface area (Å²) in [6.45, 7) is 1.45. The highest BCUT2D eigenvalue weighted by molar-refractivity contribution is 7.91. The molecule has 1 aromatic carbocycles. The second-order valence-corrected chi connectivity index (χ2v) is 7.74. The molecule has 104 valence electrons. The summed E-state index contributed by atoms with van der Waals surface area (Å²) in [5, 5.41) is 9.87. The largest absolute Gasteiger partial charge is 0.508 e. The fourth-order valence-corrected chi connectivity index (χ4v) is 4.55. The average molecular weight is 281 g/mol. The quantitative estimate of drug-likeness (QED) is 0.847. The molecule has 5 heteroatoms. The number of benzene rings is 1. The third kappa shape index (κ3) is 2.49. The van der Waals surface area contributed by atoms with Crippen molar-refractivity contribution in [1.82, 2.24) is 4.90 Å². The van der Waals surface area contributed by atoms with Crippen LogP contribution in [0.15, 0.2) is 18.2 Å². The minimum atomic E-state index is -2.86. The van der Waals surface area contributed by atoms with Gasteiger partial charge in [-0.1, -0.05) is 12.1 Å². The number of sulfone groups is 1. The molecule has 1 unspecified atom stereocenters. The Hall–Kier alpha value is -1.07. The van der Waals surface area contributed by atoms with Crippen LogP contribution in [0.1, 0.15) is 30.0 Å². The van der Waals surface area contributed by atoms with Gasteiger partial charge in [-0.05, 0) is 43.0 Å². The maximum atomic E-state index is 11.7. The number of phenols is 1. The van der Waals surface area contributed by atoms with Crippen LogP contribution < -0.4 is 0 Å². The molecule has 1 atom stereocenters. The molecular formula is C14H19NO3S. The van der Waals surface area contributed by atoms with E-state index in [1.807, 2.05) is 6.07 Å². The topological polar surface area (TPSA) is 57.6 Å². The number of fused-ring (bicyclic) bond motifs is 1. The Balaban J connectivity index is 1.84. The van der Waals surface area contributed by atoms with Crippen molar-refractivity contribution < 1.29 is 13.5 Å². The fourth-order valence-electron chi connectivity index (χ4n) is 3.26. The molecule has 0 spiro atoms. The molecule has 0 amide bonds. The van der Waals surface area contributed by atoms with E-state index in [0.717, 1.165) is 24.9 Å². The van der Waals surface area contributed by atoms with Crippen molar-refractivity contribution in [2.75, 3.05) is 24.6 Å². The van der Waals surface area contributed by atoms with Gasteiger partial charge in [0.25, 0.3) is 0 Å². The highest BCUT2D eigenvalue weighted by Crippen LogP contribution is 2.40. The number of hydrogen-bond donors (Lipinski definition) is 1. The predicted molar refractivity (Wildman–Crippen MR) is 74.0 cm³/mol. The van der Waals surface area contributed by atoms with E-state index in [4.69, 9.17) is 0 Å². The van der Waals surface area contributed by atoms with Gasteiger partial charge in [-0.15, -0.1) is 0 Å². The highest BCUT2D eigenvalue weighted by Gasteiger charge is 2.31. The van der Waals surface area contributed by atoms with Crippen LogP contribution in [0.25, 0.3) is 0 Å². The maximum Gasteiger partial charge on any atom is 0.151 e. The Morgan fingerprint density at radius 2 is 2.05 bits per heavy atom. The smallest absolute Gasteiger partial charge is 0.151 e. The molecule has 1 aromatic rings. The first-order chi connectivity index (χ1) is 9.07. The minimum Gasteiger partial charge on any atom is -0.508 e. The van der Waals surface area contributed by atoms with Crippen molar-refractivity contribution in [3.05, 3.63) is 29.3 Å². The van der Waals surface area contributed by atoms with Crippen LogP contribution in [0.2, 0.25) is 0 Å². The third-order valence-electron chi connectivity index (χ3n) is 4.25. The van der Waals surface area contributed by atoms with Gasteiger partial charge < -0.3 is 5.11 Å². The number of nitrogens with zero attached hydrogens (tertiary/aromatic N) is 1. The van der Waals surface area contributed by atoms with E-state index in [2.05, 4.69) is 11.0 Å². The van der Waals surface area contributed by atoms with Gasteiger partial charge in [0.1, 0.15) is 5.75 Å². The lowest BCUT2D eigenvalue weighted by atomic mass is 10.1.